The Morgan fingerprint density at radius 3 is 1.62 bits per heavy atom. The summed E-state index contributed by atoms with van der Waals surface area (Å²) >= 11 is 0. The maximum Gasteiger partial charge on any atom is 1.00 e. The minimum atomic E-state index is -5.37. The number of carbonyl (C=O) groups excluding carboxylic acids is 2. The Balaban J connectivity index is 0.00000280. The first-order chi connectivity index (χ1) is 24.7. The maximum absolute atomic E-state index is 13.2. The number of aryl methyl sites for hydroxylation is 2. The molecule has 4 aromatic carbocycles. The topological polar surface area (TPSA) is 275 Å². The van der Waals surface area contributed by atoms with E-state index < -0.39 is 79.2 Å². The van der Waals surface area contributed by atoms with E-state index in [1.54, 1.807) is 50.2 Å². The molecule has 56 heavy (non-hydrogen) atoms. The smallest absolute Gasteiger partial charge is 0.744 e. The summed E-state index contributed by atoms with van der Waals surface area (Å²) in [5, 5.41) is 18.3. The number of ketones is 2. The van der Waals surface area contributed by atoms with Crippen LogP contribution >= 0.6 is 0 Å². The molecular weight excluding hydrogens is 822 g/mol. The van der Waals surface area contributed by atoms with E-state index in [-0.39, 0.29) is 111 Å². The van der Waals surface area contributed by atoms with Crippen LogP contribution in [0.1, 0.15) is 43.0 Å². The number of phenols is 1. The molecule has 22 heteroatoms. The van der Waals surface area contributed by atoms with Gasteiger partial charge in [-0.1, -0.05) is 36.4 Å². The molecule has 0 unspecified atom stereocenters. The molecule has 0 fully saturated rings. The van der Waals surface area contributed by atoms with Crippen LogP contribution in [0.25, 0.3) is 22.1 Å². The van der Waals surface area contributed by atoms with Crippen LogP contribution < -0.4 is 99.5 Å². The minimum absolute atomic E-state index is 0. The van der Waals surface area contributed by atoms with Gasteiger partial charge in [0.15, 0.2) is 0 Å². The number of benzene rings is 4. The van der Waals surface area contributed by atoms with Gasteiger partial charge in [-0.05, 0) is 90.2 Å². The van der Waals surface area contributed by atoms with Crippen LogP contribution in [0.4, 0.5) is 11.4 Å². The summed E-state index contributed by atoms with van der Waals surface area (Å²) in [5.74, 6) is -2.73. The number of nitrogens with one attached hydrogen (secondary N) is 2. The summed E-state index contributed by atoms with van der Waals surface area (Å²) in [7, 11) is -15.4. The number of hydrogen-bond acceptors (Lipinski definition) is 16. The third-order valence-electron chi connectivity index (χ3n) is 8.22. The maximum atomic E-state index is 13.2. The fraction of sp³-hybridized carbons (Fsp3) is 0.0588. The van der Waals surface area contributed by atoms with Crippen LogP contribution in [0.2, 0.25) is 0 Å². The zero-order chi connectivity index (χ0) is 38.6. The van der Waals surface area contributed by atoms with Crippen LogP contribution in [0.15, 0.2) is 98.9 Å². The van der Waals surface area contributed by atoms with Crippen molar-refractivity contribution in [2.45, 2.75) is 18.7 Å². The predicted octanol–water partition coefficient (Wildman–Crippen LogP) is -5.31. The monoisotopic (exact) mass is 844 g/mol. The number of nitrogens with zero attached hydrogens (tertiary/aromatic N) is 2. The van der Waals surface area contributed by atoms with E-state index in [1.807, 2.05) is 0 Å². The standard InChI is InChI=1S/C34H26N4O12S3.3Na/c1-17-11-19(7-9-25(17)35-37-27-16-29(52(45,46)47)23-5-3-4-6-24(23)33(27)40)20-8-10-26(18(2)12-20)36-38-32-30(53(48,49)50)14-21-13-22(51(42,43)44)15-28(39)31(21)34(32)41;;;/h3-16,35-36,39H,1-2H3,(H,42,43,44)(H,45,46,47)(H,48,49,50);;;/q;3*+1/p-3/b37-27-,38-32+;;;. The van der Waals surface area contributed by atoms with Gasteiger partial charge in [-0.25, -0.2) is 25.3 Å². The average molecular weight is 845 g/mol. The number of hydrazone groups is 2. The number of anilines is 2. The molecular formula is C34H23N4Na3O12S3. The number of rotatable bonds is 8. The first-order valence-electron chi connectivity index (χ1n) is 15.0. The van der Waals surface area contributed by atoms with Gasteiger partial charge in [0.2, 0.25) is 11.6 Å². The second-order valence-electron chi connectivity index (χ2n) is 11.7. The van der Waals surface area contributed by atoms with Gasteiger partial charge in [-0.15, -0.1) is 0 Å². The fourth-order valence-electron chi connectivity index (χ4n) is 5.63. The number of allylic oxidation sites excluding steroid dienone is 2. The van der Waals surface area contributed by atoms with E-state index >= 15 is 0 Å². The van der Waals surface area contributed by atoms with Gasteiger partial charge in [0.1, 0.15) is 47.5 Å². The van der Waals surface area contributed by atoms with Gasteiger partial charge in [-0.2, -0.15) is 10.2 Å². The molecule has 0 saturated carbocycles. The van der Waals surface area contributed by atoms with Crippen molar-refractivity contribution in [3.8, 4) is 16.9 Å². The molecule has 16 nitrogen and oxygen atoms in total. The van der Waals surface area contributed by atoms with E-state index in [9.17, 15) is 53.6 Å². The van der Waals surface area contributed by atoms with Crippen molar-refractivity contribution in [2.24, 2.45) is 10.2 Å². The van der Waals surface area contributed by atoms with Gasteiger partial charge in [0, 0.05) is 11.1 Å². The number of aromatic hydroxyl groups is 1. The van der Waals surface area contributed by atoms with E-state index in [2.05, 4.69) is 21.1 Å². The van der Waals surface area contributed by atoms with E-state index in [1.165, 1.54) is 24.3 Å². The first kappa shape index (κ1) is 47.5. The molecule has 0 spiro atoms. The van der Waals surface area contributed by atoms with Gasteiger partial charge in [0.25, 0.3) is 0 Å². The second-order valence-corrected chi connectivity index (χ2v) is 15.8. The van der Waals surface area contributed by atoms with Crippen LogP contribution in [-0.4, -0.2) is 67.0 Å². The van der Waals surface area contributed by atoms with Crippen molar-refractivity contribution in [3.05, 3.63) is 117 Å². The molecule has 4 aromatic rings. The first-order valence-corrected chi connectivity index (χ1v) is 19.2. The van der Waals surface area contributed by atoms with Crippen LogP contribution in [0.5, 0.6) is 5.75 Å². The van der Waals surface area contributed by atoms with Crippen molar-refractivity contribution < 1.29 is 142 Å². The van der Waals surface area contributed by atoms with Crippen LogP contribution in [0.3, 0.4) is 0 Å². The number of fused-ring (bicyclic) bond motifs is 2. The van der Waals surface area contributed by atoms with Gasteiger partial charge in [-0.3, -0.25) is 20.4 Å². The Morgan fingerprint density at radius 1 is 0.607 bits per heavy atom. The molecule has 2 aliphatic carbocycles. The molecule has 3 N–H and O–H groups in total. The Labute approximate surface area is 387 Å². The minimum Gasteiger partial charge on any atom is -0.744 e. The van der Waals surface area contributed by atoms with E-state index in [4.69, 9.17) is 0 Å². The largest absolute Gasteiger partial charge is 1.00 e. The van der Waals surface area contributed by atoms with Crippen LogP contribution in [-0.2, 0) is 30.4 Å². The average Bonchev–Trinajstić information content (AvgIpc) is 3.06. The zero-order valence-corrected chi connectivity index (χ0v) is 38.6. The predicted molar refractivity (Wildman–Crippen MR) is 190 cm³/mol. The summed E-state index contributed by atoms with van der Waals surface area (Å²) in [6, 6.07) is 17.1. The van der Waals surface area contributed by atoms with Crippen molar-refractivity contribution in [3.63, 3.8) is 0 Å². The van der Waals surface area contributed by atoms with Crippen LogP contribution in [0, 0.1) is 13.8 Å². The van der Waals surface area contributed by atoms with E-state index in [0.29, 0.717) is 40.6 Å². The summed E-state index contributed by atoms with van der Waals surface area (Å²) in [4.78, 5) is 23.6. The van der Waals surface area contributed by atoms with E-state index in [0.717, 1.165) is 11.6 Å². The summed E-state index contributed by atoms with van der Waals surface area (Å²) in [5.41, 5.74) is 6.52. The molecule has 0 atom stereocenters. The molecule has 0 radical (unpaired) electrons. The second kappa shape index (κ2) is 18.0. The normalized spacial score (nSPS) is 15.3. The van der Waals surface area contributed by atoms with Gasteiger partial charge < -0.3 is 18.8 Å². The number of phenolic OH excluding ortho intramolecular Hbond substituents is 1. The van der Waals surface area contributed by atoms with Gasteiger partial charge in [0.05, 0.1) is 31.6 Å². The molecule has 0 amide bonds. The molecule has 2 aliphatic rings. The third kappa shape index (κ3) is 9.88. The van der Waals surface area contributed by atoms with Crippen molar-refractivity contribution >= 4 is 75.7 Å². The molecule has 0 heterocycles. The van der Waals surface area contributed by atoms with Crippen molar-refractivity contribution in [1.29, 1.82) is 0 Å². The molecule has 0 aromatic heterocycles. The molecule has 6 rings (SSSR count). The quantitative estimate of drug-likeness (QED) is 0.0850. The molecule has 0 aliphatic heterocycles. The number of hydrogen-bond donors (Lipinski definition) is 3. The number of Topliss-reactive ketones (excluding diaryl/α,β-unsaturated/α-hetero) is 2. The third-order valence-corrected chi connectivity index (χ3v) is 10.8. The Bertz CT molecular complexity index is 2790. The summed E-state index contributed by atoms with van der Waals surface area (Å²) in [6.07, 6.45) is 1.57. The summed E-state index contributed by atoms with van der Waals surface area (Å²) in [6.45, 7) is 3.42. The Morgan fingerprint density at radius 2 is 1.12 bits per heavy atom. The fourth-order valence-corrected chi connectivity index (χ4v) is 7.51. The SMILES string of the molecule is Cc1cc(-c2ccc(N/N=C3/C(=O)c4c(O)cc(S(=O)(=O)[O-])cc4C=C3S(=O)(=O)[O-])c(C)c2)ccc1N/N=C1/C=C(S(=O)(=O)[O-])c2ccccc2C1=O.[Na+].[Na+].[Na+]. The molecule has 0 saturated heterocycles. The Kier molecular flexibility index (Phi) is 15.3. The van der Waals surface area contributed by atoms with Crippen molar-refractivity contribution in [1.82, 2.24) is 0 Å². The summed E-state index contributed by atoms with van der Waals surface area (Å²) < 4.78 is 106. The molecule has 272 valence electrons. The molecule has 0 bridgehead atoms. The zero-order valence-electron chi connectivity index (χ0n) is 30.1. The van der Waals surface area contributed by atoms with Crippen molar-refractivity contribution in [2.75, 3.05) is 10.9 Å². The van der Waals surface area contributed by atoms with Gasteiger partial charge >= 0.3 is 88.7 Å². The Hall–Kier alpha value is -2.83. The number of carbonyl (C=O) groups is 2.